The number of rotatable bonds is 5. The van der Waals surface area contributed by atoms with Crippen LogP contribution in [0.4, 0.5) is 5.82 Å². The van der Waals surface area contributed by atoms with Crippen molar-refractivity contribution in [2.45, 2.75) is 31.3 Å². The standard InChI is InChI=1S/C13H14ClN3O/c14-6-10-7-15-9-16-13(10)17(11-3-4-11)8-12-2-1-5-18-12/h1-2,5,7,9,11H,3-4,6,8H2. The van der Waals surface area contributed by atoms with E-state index in [1.165, 1.54) is 12.8 Å². The first kappa shape index (κ1) is 11.5. The summed E-state index contributed by atoms with van der Waals surface area (Å²) < 4.78 is 5.42. The van der Waals surface area contributed by atoms with Crippen molar-refractivity contribution in [2.75, 3.05) is 4.90 Å². The van der Waals surface area contributed by atoms with Gasteiger partial charge in [0.15, 0.2) is 0 Å². The van der Waals surface area contributed by atoms with Crippen molar-refractivity contribution >= 4 is 17.4 Å². The van der Waals surface area contributed by atoms with Gasteiger partial charge in [-0.05, 0) is 25.0 Å². The fraction of sp³-hybridized carbons (Fsp3) is 0.385. The second-order valence-electron chi connectivity index (χ2n) is 4.44. The second kappa shape index (κ2) is 4.98. The minimum absolute atomic E-state index is 0.428. The molecule has 0 N–H and O–H groups in total. The molecule has 0 atom stereocenters. The van der Waals surface area contributed by atoms with Crippen molar-refractivity contribution in [3.05, 3.63) is 42.2 Å². The van der Waals surface area contributed by atoms with Crippen LogP contribution in [0.3, 0.4) is 0 Å². The van der Waals surface area contributed by atoms with Crippen molar-refractivity contribution in [1.29, 1.82) is 0 Å². The van der Waals surface area contributed by atoms with E-state index in [9.17, 15) is 0 Å². The monoisotopic (exact) mass is 263 g/mol. The normalized spacial score (nSPS) is 14.7. The Morgan fingerprint density at radius 2 is 2.33 bits per heavy atom. The summed E-state index contributed by atoms with van der Waals surface area (Å²) in [6.45, 7) is 0.735. The molecule has 0 bridgehead atoms. The lowest BCUT2D eigenvalue weighted by Crippen LogP contribution is -2.27. The van der Waals surface area contributed by atoms with E-state index in [4.69, 9.17) is 16.0 Å². The highest BCUT2D eigenvalue weighted by atomic mass is 35.5. The zero-order chi connectivity index (χ0) is 12.4. The van der Waals surface area contributed by atoms with Crippen LogP contribution in [0, 0.1) is 0 Å². The third-order valence-corrected chi connectivity index (χ3v) is 3.36. The zero-order valence-corrected chi connectivity index (χ0v) is 10.7. The molecule has 0 aliphatic heterocycles. The Hall–Kier alpha value is -1.55. The minimum atomic E-state index is 0.428. The second-order valence-corrected chi connectivity index (χ2v) is 4.71. The van der Waals surface area contributed by atoms with E-state index in [1.54, 1.807) is 18.8 Å². The number of anilines is 1. The quantitative estimate of drug-likeness (QED) is 0.778. The number of furan rings is 1. The van der Waals surface area contributed by atoms with E-state index in [0.717, 1.165) is 23.7 Å². The molecule has 18 heavy (non-hydrogen) atoms. The number of alkyl halides is 1. The van der Waals surface area contributed by atoms with E-state index in [-0.39, 0.29) is 0 Å². The molecular weight excluding hydrogens is 250 g/mol. The topological polar surface area (TPSA) is 42.2 Å². The van der Waals surface area contributed by atoms with E-state index in [2.05, 4.69) is 14.9 Å². The predicted octanol–water partition coefficient (Wildman–Crippen LogP) is 2.98. The molecule has 5 heteroatoms. The average molecular weight is 264 g/mol. The van der Waals surface area contributed by atoms with Crippen LogP contribution in [0.5, 0.6) is 0 Å². The number of aromatic nitrogens is 2. The maximum atomic E-state index is 5.95. The summed E-state index contributed by atoms with van der Waals surface area (Å²) in [6, 6.07) is 4.44. The molecule has 94 valence electrons. The number of nitrogens with zero attached hydrogens (tertiary/aromatic N) is 3. The summed E-state index contributed by atoms with van der Waals surface area (Å²) in [4.78, 5) is 10.7. The molecule has 0 amide bonds. The summed E-state index contributed by atoms with van der Waals surface area (Å²) in [5, 5.41) is 0. The third-order valence-electron chi connectivity index (χ3n) is 3.07. The first-order chi connectivity index (χ1) is 8.88. The van der Waals surface area contributed by atoms with Gasteiger partial charge >= 0.3 is 0 Å². The Kier molecular flexibility index (Phi) is 3.19. The SMILES string of the molecule is ClCc1cncnc1N(Cc1ccco1)C1CC1. The summed E-state index contributed by atoms with van der Waals surface area (Å²) in [5.41, 5.74) is 0.970. The molecule has 1 saturated carbocycles. The molecule has 1 aliphatic carbocycles. The Morgan fingerprint density at radius 1 is 1.44 bits per heavy atom. The van der Waals surface area contributed by atoms with Crippen LogP contribution in [-0.4, -0.2) is 16.0 Å². The maximum Gasteiger partial charge on any atom is 0.137 e. The summed E-state index contributed by atoms with van der Waals surface area (Å²) in [6.07, 6.45) is 7.46. The lowest BCUT2D eigenvalue weighted by Gasteiger charge is -2.24. The summed E-state index contributed by atoms with van der Waals surface area (Å²) in [7, 11) is 0. The number of hydrogen-bond donors (Lipinski definition) is 0. The van der Waals surface area contributed by atoms with Gasteiger partial charge in [-0.3, -0.25) is 0 Å². The average Bonchev–Trinajstić information content (AvgIpc) is 3.13. The fourth-order valence-electron chi connectivity index (χ4n) is 2.04. The minimum Gasteiger partial charge on any atom is -0.467 e. The van der Waals surface area contributed by atoms with Gasteiger partial charge in [-0.2, -0.15) is 0 Å². The summed E-state index contributed by atoms with van der Waals surface area (Å²) in [5.74, 6) is 2.30. The summed E-state index contributed by atoms with van der Waals surface area (Å²) >= 11 is 5.95. The van der Waals surface area contributed by atoms with Crippen LogP contribution in [-0.2, 0) is 12.4 Å². The van der Waals surface area contributed by atoms with Crippen LogP contribution < -0.4 is 4.90 Å². The number of halogens is 1. The molecule has 0 spiro atoms. The first-order valence-corrected chi connectivity index (χ1v) is 6.56. The van der Waals surface area contributed by atoms with Crippen molar-refractivity contribution in [2.24, 2.45) is 0 Å². The largest absolute Gasteiger partial charge is 0.467 e. The Morgan fingerprint density at radius 3 is 3.00 bits per heavy atom. The lowest BCUT2D eigenvalue weighted by molar-refractivity contribution is 0.500. The Labute approximate surface area is 111 Å². The molecule has 1 fully saturated rings. The van der Waals surface area contributed by atoms with Crippen molar-refractivity contribution in [3.63, 3.8) is 0 Å². The molecule has 2 aromatic heterocycles. The smallest absolute Gasteiger partial charge is 0.137 e. The molecule has 0 radical (unpaired) electrons. The molecule has 0 aromatic carbocycles. The third kappa shape index (κ3) is 2.34. The van der Waals surface area contributed by atoms with Crippen LogP contribution >= 0.6 is 11.6 Å². The fourth-order valence-corrected chi connectivity index (χ4v) is 2.23. The van der Waals surface area contributed by atoms with E-state index < -0.39 is 0 Å². The van der Waals surface area contributed by atoms with Gasteiger partial charge in [-0.25, -0.2) is 9.97 Å². The molecule has 4 nitrogen and oxygen atoms in total. The van der Waals surface area contributed by atoms with Gasteiger partial charge in [0.25, 0.3) is 0 Å². The van der Waals surface area contributed by atoms with E-state index in [1.807, 2.05) is 12.1 Å². The lowest BCUT2D eigenvalue weighted by atomic mass is 10.3. The van der Waals surface area contributed by atoms with Crippen LogP contribution in [0.25, 0.3) is 0 Å². The van der Waals surface area contributed by atoms with Gasteiger partial charge < -0.3 is 9.32 Å². The van der Waals surface area contributed by atoms with Gasteiger partial charge in [0.1, 0.15) is 17.9 Å². The van der Waals surface area contributed by atoms with Crippen molar-refractivity contribution < 1.29 is 4.42 Å². The van der Waals surface area contributed by atoms with Crippen molar-refractivity contribution in [3.8, 4) is 0 Å². The van der Waals surface area contributed by atoms with Crippen LogP contribution in [0.2, 0.25) is 0 Å². The van der Waals surface area contributed by atoms with Gasteiger partial charge in [0.05, 0.1) is 18.7 Å². The highest BCUT2D eigenvalue weighted by Crippen LogP contribution is 2.33. The van der Waals surface area contributed by atoms with Gasteiger partial charge in [0.2, 0.25) is 0 Å². The Balaban J connectivity index is 1.89. The molecule has 2 aromatic rings. The van der Waals surface area contributed by atoms with Crippen LogP contribution in [0.15, 0.2) is 35.3 Å². The van der Waals surface area contributed by atoms with Gasteiger partial charge in [-0.1, -0.05) is 0 Å². The van der Waals surface area contributed by atoms with E-state index in [0.29, 0.717) is 11.9 Å². The molecule has 0 unspecified atom stereocenters. The van der Waals surface area contributed by atoms with Crippen molar-refractivity contribution in [1.82, 2.24) is 9.97 Å². The van der Waals surface area contributed by atoms with Gasteiger partial charge in [0, 0.05) is 17.8 Å². The Bertz CT molecular complexity index is 511. The molecule has 1 aliphatic rings. The zero-order valence-electron chi connectivity index (χ0n) is 9.92. The maximum absolute atomic E-state index is 5.95. The van der Waals surface area contributed by atoms with E-state index >= 15 is 0 Å². The number of hydrogen-bond acceptors (Lipinski definition) is 4. The molecule has 3 rings (SSSR count). The molecule has 0 saturated heterocycles. The molecular formula is C13H14ClN3O. The first-order valence-electron chi connectivity index (χ1n) is 6.02. The highest BCUT2D eigenvalue weighted by Gasteiger charge is 2.31. The highest BCUT2D eigenvalue weighted by molar-refractivity contribution is 6.17. The predicted molar refractivity (Wildman–Crippen MR) is 69.5 cm³/mol. The van der Waals surface area contributed by atoms with Crippen LogP contribution in [0.1, 0.15) is 24.2 Å². The molecule has 2 heterocycles. The van der Waals surface area contributed by atoms with Gasteiger partial charge in [-0.15, -0.1) is 11.6 Å².